The zero-order valence-corrected chi connectivity index (χ0v) is 15.9. The third-order valence-corrected chi connectivity index (χ3v) is 5.66. The van der Waals surface area contributed by atoms with Gasteiger partial charge in [0, 0.05) is 12.6 Å². The van der Waals surface area contributed by atoms with Gasteiger partial charge in [0.05, 0.1) is 15.5 Å². The summed E-state index contributed by atoms with van der Waals surface area (Å²) < 4.78 is 27.7. The SMILES string of the molecule is Cc1ccc(C(CNS(=O)(=O)c2ccc(C#N)c(Cl)c2)N(C)C)cc1. The number of nitrogens with one attached hydrogen (secondary N) is 1. The molecule has 2 aromatic carbocycles. The molecule has 132 valence electrons. The Labute approximate surface area is 153 Å². The van der Waals surface area contributed by atoms with Crippen LogP contribution in [0.3, 0.4) is 0 Å². The summed E-state index contributed by atoms with van der Waals surface area (Å²) in [5.74, 6) is 0. The molecule has 0 saturated carbocycles. The molecule has 0 fully saturated rings. The minimum absolute atomic E-state index is 0.0397. The van der Waals surface area contributed by atoms with Gasteiger partial charge in [0.15, 0.2) is 0 Å². The van der Waals surface area contributed by atoms with Crippen LogP contribution in [0.25, 0.3) is 0 Å². The van der Waals surface area contributed by atoms with Gasteiger partial charge in [-0.15, -0.1) is 0 Å². The highest BCUT2D eigenvalue weighted by atomic mass is 35.5. The molecule has 2 aromatic rings. The van der Waals surface area contributed by atoms with E-state index in [9.17, 15) is 8.42 Å². The fraction of sp³-hybridized carbons (Fsp3) is 0.278. The van der Waals surface area contributed by atoms with Gasteiger partial charge in [-0.2, -0.15) is 5.26 Å². The van der Waals surface area contributed by atoms with Gasteiger partial charge in [-0.3, -0.25) is 0 Å². The first-order valence-electron chi connectivity index (χ1n) is 7.67. The monoisotopic (exact) mass is 377 g/mol. The second-order valence-electron chi connectivity index (χ2n) is 6.00. The molecule has 2 rings (SSSR count). The molecule has 0 amide bonds. The van der Waals surface area contributed by atoms with Crippen LogP contribution in [0.1, 0.15) is 22.7 Å². The maximum atomic E-state index is 12.5. The summed E-state index contributed by atoms with van der Waals surface area (Å²) in [4.78, 5) is 2.00. The van der Waals surface area contributed by atoms with E-state index in [1.807, 2.05) is 56.3 Å². The lowest BCUT2D eigenvalue weighted by molar-refractivity contribution is 0.299. The van der Waals surface area contributed by atoms with Crippen molar-refractivity contribution in [3.63, 3.8) is 0 Å². The van der Waals surface area contributed by atoms with Crippen molar-refractivity contribution in [2.24, 2.45) is 0 Å². The van der Waals surface area contributed by atoms with Gasteiger partial charge in [-0.1, -0.05) is 41.4 Å². The van der Waals surface area contributed by atoms with Crippen LogP contribution in [0.2, 0.25) is 5.02 Å². The molecule has 7 heteroatoms. The number of nitrogens with zero attached hydrogens (tertiary/aromatic N) is 2. The molecule has 0 saturated heterocycles. The quantitative estimate of drug-likeness (QED) is 0.839. The molecule has 0 aromatic heterocycles. The first-order valence-corrected chi connectivity index (χ1v) is 9.53. The number of likely N-dealkylation sites (N-methyl/N-ethyl adjacent to an activating group) is 1. The molecule has 1 N–H and O–H groups in total. The van der Waals surface area contributed by atoms with Gasteiger partial charge in [0.2, 0.25) is 10.0 Å². The number of hydrogen-bond donors (Lipinski definition) is 1. The number of sulfonamides is 1. The van der Waals surface area contributed by atoms with Gasteiger partial charge in [-0.05, 0) is 44.8 Å². The molecule has 0 aliphatic carbocycles. The van der Waals surface area contributed by atoms with E-state index in [-0.39, 0.29) is 28.1 Å². The lowest BCUT2D eigenvalue weighted by atomic mass is 10.0. The van der Waals surface area contributed by atoms with Crippen molar-refractivity contribution >= 4 is 21.6 Å². The first-order chi connectivity index (χ1) is 11.7. The molecule has 0 spiro atoms. The van der Waals surface area contributed by atoms with Crippen LogP contribution in [0.5, 0.6) is 0 Å². The van der Waals surface area contributed by atoms with Crippen LogP contribution in [0.15, 0.2) is 47.4 Å². The van der Waals surface area contributed by atoms with Crippen molar-refractivity contribution in [2.75, 3.05) is 20.6 Å². The van der Waals surface area contributed by atoms with Crippen molar-refractivity contribution in [1.29, 1.82) is 5.26 Å². The number of nitriles is 1. The Morgan fingerprint density at radius 3 is 2.36 bits per heavy atom. The molecule has 0 bridgehead atoms. The minimum Gasteiger partial charge on any atom is -0.301 e. The summed E-state index contributed by atoms with van der Waals surface area (Å²) in [5.41, 5.74) is 2.41. The zero-order chi connectivity index (χ0) is 18.6. The first kappa shape index (κ1) is 19.4. The van der Waals surface area contributed by atoms with E-state index < -0.39 is 10.0 Å². The van der Waals surface area contributed by atoms with Crippen LogP contribution in [-0.2, 0) is 10.0 Å². The fourth-order valence-corrected chi connectivity index (χ4v) is 3.76. The molecular formula is C18H20ClN3O2S. The third kappa shape index (κ3) is 4.80. The molecule has 0 radical (unpaired) electrons. The number of aryl methyl sites for hydroxylation is 1. The van der Waals surface area contributed by atoms with Crippen LogP contribution >= 0.6 is 11.6 Å². The topological polar surface area (TPSA) is 73.2 Å². The van der Waals surface area contributed by atoms with E-state index >= 15 is 0 Å². The summed E-state index contributed by atoms with van der Waals surface area (Å²) in [6.45, 7) is 2.22. The molecule has 0 aliphatic rings. The summed E-state index contributed by atoms with van der Waals surface area (Å²) in [5, 5.41) is 9.01. The smallest absolute Gasteiger partial charge is 0.240 e. The van der Waals surface area contributed by atoms with Gasteiger partial charge >= 0.3 is 0 Å². The summed E-state index contributed by atoms with van der Waals surface area (Å²) in [6, 6.07) is 13.9. The number of halogens is 1. The van der Waals surface area contributed by atoms with Gasteiger partial charge in [-0.25, -0.2) is 13.1 Å². The standard InChI is InChI=1S/C18H20ClN3O2S/c1-13-4-6-14(7-5-13)18(22(2)3)12-21-25(23,24)16-9-8-15(11-20)17(19)10-16/h4-10,18,21H,12H2,1-3H3. The molecular weight excluding hydrogens is 358 g/mol. The van der Waals surface area contributed by atoms with E-state index in [1.165, 1.54) is 18.2 Å². The van der Waals surface area contributed by atoms with E-state index in [1.54, 1.807) is 0 Å². The Kier molecular flexibility index (Phi) is 6.20. The van der Waals surface area contributed by atoms with Gasteiger partial charge < -0.3 is 4.90 Å². The van der Waals surface area contributed by atoms with Crippen LogP contribution in [0.4, 0.5) is 0 Å². The van der Waals surface area contributed by atoms with E-state index in [4.69, 9.17) is 16.9 Å². The Hall–Kier alpha value is -1.91. The molecule has 0 aliphatic heterocycles. The largest absolute Gasteiger partial charge is 0.301 e. The average Bonchev–Trinajstić information content (AvgIpc) is 2.56. The van der Waals surface area contributed by atoms with Crippen molar-refractivity contribution in [1.82, 2.24) is 9.62 Å². The summed E-state index contributed by atoms with van der Waals surface area (Å²) in [6.07, 6.45) is 0. The maximum absolute atomic E-state index is 12.5. The molecule has 5 nitrogen and oxygen atoms in total. The highest BCUT2D eigenvalue weighted by molar-refractivity contribution is 7.89. The van der Waals surface area contributed by atoms with Crippen LogP contribution in [0, 0.1) is 18.3 Å². The highest BCUT2D eigenvalue weighted by Gasteiger charge is 2.20. The Balaban J connectivity index is 2.20. The predicted octanol–water partition coefficient (Wildman–Crippen LogP) is 3.10. The predicted molar refractivity (Wildman–Crippen MR) is 99.0 cm³/mol. The van der Waals surface area contributed by atoms with E-state index in [0.717, 1.165) is 11.1 Å². The minimum atomic E-state index is -3.72. The lowest BCUT2D eigenvalue weighted by Gasteiger charge is -2.25. The molecule has 25 heavy (non-hydrogen) atoms. The Morgan fingerprint density at radius 2 is 1.84 bits per heavy atom. The Bertz CT molecular complexity index is 888. The number of rotatable bonds is 6. The van der Waals surface area contributed by atoms with Gasteiger partial charge in [0.25, 0.3) is 0 Å². The lowest BCUT2D eigenvalue weighted by Crippen LogP contribution is -2.34. The van der Waals surface area contributed by atoms with E-state index in [2.05, 4.69) is 4.72 Å². The molecule has 0 heterocycles. The summed E-state index contributed by atoms with van der Waals surface area (Å²) in [7, 11) is 0.0774. The second kappa shape index (κ2) is 7.98. The van der Waals surface area contributed by atoms with Crippen LogP contribution in [-0.4, -0.2) is 34.0 Å². The van der Waals surface area contributed by atoms with Crippen LogP contribution < -0.4 is 4.72 Å². The second-order valence-corrected chi connectivity index (χ2v) is 8.17. The third-order valence-electron chi connectivity index (χ3n) is 3.92. The van der Waals surface area contributed by atoms with Crippen molar-refractivity contribution in [2.45, 2.75) is 17.9 Å². The van der Waals surface area contributed by atoms with Crippen molar-refractivity contribution < 1.29 is 8.42 Å². The number of benzene rings is 2. The fourth-order valence-electron chi connectivity index (χ4n) is 2.41. The van der Waals surface area contributed by atoms with Gasteiger partial charge in [0.1, 0.15) is 6.07 Å². The maximum Gasteiger partial charge on any atom is 0.240 e. The summed E-state index contributed by atoms with van der Waals surface area (Å²) >= 11 is 5.94. The molecule has 1 atom stereocenters. The average molecular weight is 378 g/mol. The van der Waals surface area contributed by atoms with Crippen molar-refractivity contribution in [3.05, 3.63) is 64.2 Å². The molecule has 1 unspecified atom stereocenters. The zero-order valence-electron chi connectivity index (χ0n) is 14.3. The normalized spacial score (nSPS) is 12.8. The Morgan fingerprint density at radius 1 is 1.20 bits per heavy atom. The number of hydrogen-bond acceptors (Lipinski definition) is 4. The van der Waals surface area contributed by atoms with Crippen molar-refractivity contribution in [3.8, 4) is 6.07 Å². The highest BCUT2D eigenvalue weighted by Crippen LogP contribution is 2.22. The van der Waals surface area contributed by atoms with E-state index in [0.29, 0.717) is 0 Å².